The standard InChI is InChI=1S/C21H22N2O7S/c1-15-2-4-16(5-3-15)8-11-31(26,27)22-13-21(25)30-14-20(24)23-17-6-7-18-19(12-17)29-10-9-28-18/h2-8,11-12,22H,9-10,13-14H2,1H3,(H,23,24)/b11-8+. The zero-order valence-electron chi connectivity index (χ0n) is 16.8. The van der Waals surface area contributed by atoms with Crippen LogP contribution in [0.15, 0.2) is 47.9 Å². The van der Waals surface area contributed by atoms with Gasteiger partial charge in [0.05, 0.1) is 0 Å². The summed E-state index contributed by atoms with van der Waals surface area (Å²) in [6, 6.07) is 12.1. The molecule has 0 spiro atoms. The van der Waals surface area contributed by atoms with Crippen LogP contribution in [0.2, 0.25) is 0 Å². The molecule has 9 nitrogen and oxygen atoms in total. The number of fused-ring (bicyclic) bond motifs is 1. The molecular formula is C21H22N2O7S. The first-order chi connectivity index (χ1) is 14.8. The summed E-state index contributed by atoms with van der Waals surface area (Å²) in [6.07, 6.45) is 1.41. The topological polar surface area (TPSA) is 120 Å². The van der Waals surface area contributed by atoms with E-state index in [0.717, 1.165) is 11.0 Å². The SMILES string of the molecule is Cc1ccc(/C=C/S(=O)(=O)NCC(=O)OCC(=O)Nc2ccc3c(c2)OCCO3)cc1. The molecule has 0 radical (unpaired) electrons. The van der Waals surface area contributed by atoms with E-state index in [9.17, 15) is 18.0 Å². The molecule has 0 saturated heterocycles. The maximum atomic E-state index is 12.0. The Morgan fingerprint density at radius 1 is 1.06 bits per heavy atom. The zero-order chi connectivity index (χ0) is 22.3. The Kier molecular flexibility index (Phi) is 7.27. The molecular weight excluding hydrogens is 424 g/mol. The third-order valence-corrected chi connectivity index (χ3v) is 5.17. The van der Waals surface area contributed by atoms with Crippen molar-refractivity contribution in [3.63, 3.8) is 0 Å². The smallest absolute Gasteiger partial charge is 0.321 e. The summed E-state index contributed by atoms with van der Waals surface area (Å²) in [5.74, 6) is -0.370. The number of anilines is 1. The normalized spacial score (nSPS) is 13.1. The van der Waals surface area contributed by atoms with E-state index in [0.29, 0.717) is 36.0 Å². The molecule has 2 N–H and O–H groups in total. The second kappa shape index (κ2) is 10.1. The van der Waals surface area contributed by atoms with Gasteiger partial charge in [0, 0.05) is 17.2 Å². The fraction of sp³-hybridized carbons (Fsp3) is 0.238. The number of aryl methyl sites for hydroxylation is 1. The molecule has 10 heteroatoms. The quantitative estimate of drug-likeness (QED) is 0.594. The van der Waals surface area contributed by atoms with Crippen molar-refractivity contribution in [1.29, 1.82) is 0 Å². The fourth-order valence-corrected chi connectivity index (χ4v) is 3.32. The first kappa shape index (κ1) is 22.3. The molecule has 3 rings (SSSR count). The number of hydrogen-bond acceptors (Lipinski definition) is 7. The number of carbonyl (C=O) groups is 2. The Morgan fingerprint density at radius 2 is 1.77 bits per heavy atom. The summed E-state index contributed by atoms with van der Waals surface area (Å²) < 4.78 is 41.7. The lowest BCUT2D eigenvalue weighted by Gasteiger charge is -2.19. The molecule has 1 aliphatic heterocycles. The van der Waals surface area contributed by atoms with Gasteiger partial charge in [-0.15, -0.1) is 0 Å². The van der Waals surface area contributed by atoms with Gasteiger partial charge in [0.1, 0.15) is 19.8 Å². The highest BCUT2D eigenvalue weighted by molar-refractivity contribution is 7.92. The average molecular weight is 446 g/mol. The monoisotopic (exact) mass is 446 g/mol. The fourth-order valence-electron chi connectivity index (χ4n) is 2.57. The van der Waals surface area contributed by atoms with Crippen LogP contribution in [0.25, 0.3) is 6.08 Å². The van der Waals surface area contributed by atoms with Gasteiger partial charge in [0.25, 0.3) is 5.91 Å². The number of hydrogen-bond donors (Lipinski definition) is 2. The summed E-state index contributed by atoms with van der Waals surface area (Å²) in [5.41, 5.74) is 2.21. The van der Waals surface area contributed by atoms with Gasteiger partial charge in [-0.25, -0.2) is 13.1 Å². The van der Waals surface area contributed by atoms with Crippen LogP contribution in [-0.4, -0.2) is 46.7 Å². The molecule has 2 aromatic carbocycles. The number of amides is 1. The van der Waals surface area contributed by atoms with Crippen molar-refractivity contribution in [2.75, 3.05) is 31.7 Å². The molecule has 1 amide bonds. The molecule has 0 unspecified atom stereocenters. The summed E-state index contributed by atoms with van der Waals surface area (Å²) in [7, 11) is -3.84. The number of carbonyl (C=O) groups excluding carboxylic acids is 2. The molecule has 31 heavy (non-hydrogen) atoms. The van der Waals surface area contributed by atoms with E-state index in [-0.39, 0.29) is 0 Å². The lowest BCUT2D eigenvalue weighted by molar-refractivity contribution is -0.146. The molecule has 0 aromatic heterocycles. The Labute approximate surface area is 180 Å². The van der Waals surface area contributed by atoms with Crippen LogP contribution < -0.4 is 19.5 Å². The number of benzene rings is 2. The predicted octanol–water partition coefficient (Wildman–Crippen LogP) is 1.84. The van der Waals surface area contributed by atoms with Crippen molar-refractivity contribution < 1.29 is 32.2 Å². The second-order valence-electron chi connectivity index (χ2n) is 6.65. The summed E-state index contributed by atoms with van der Waals surface area (Å²) >= 11 is 0. The number of rotatable bonds is 8. The highest BCUT2D eigenvalue weighted by Gasteiger charge is 2.14. The highest BCUT2D eigenvalue weighted by Crippen LogP contribution is 2.32. The molecule has 1 aliphatic rings. The first-order valence-electron chi connectivity index (χ1n) is 9.40. The van der Waals surface area contributed by atoms with Gasteiger partial charge >= 0.3 is 5.97 Å². The molecule has 164 valence electrons. The molecule has 0 bridgehead atoms. The lowest BCUT2D eigenvalue weighted by atomic mass is 10.2. The van der Waals surface area contributed by atoms with Crippen LogP contribution in [0.4, 0.5) is 5.69 Å². The number of esters is 1. The third-order valence-electron chi connectivity index (χ3n) is 4.12. The Bertz CT molecular complexity index is 1080. The summed E-state index contributed by atoms with van der Waals surface area (Å²) in [4.78, 5) is 23.7. The van der Waals surface area contributed by atoms with Crippen molar-refractivity contribution in [3.05, 3.63) is 59.0 Å². The minimum Gasteiger partial charge on any atom is -0.486 e. The van der Waals surface area contributed by atoms with Gasteiger partial charge < -0.3 is 19.5 Å². The van der Waals surface area contributed by atoms with Crippen LogP contribution >= 0.6 is 0 Å². The minimum atomic E-state index is -3.84. The molecule has 0 saturated carbocycles. The van der Waals surface area contributed by atoms with Gasteiger partial charge in [0.2, 0.25) is 10.0 Å². The number of sulfonamides is 1. The van der Waals surface area contributed by atoms with E-state index in [1.807, 2.05) is 19.1 Å². The maximum Gasteiger partial charge on any atom is 0.321 e. The average Bonchev–Trinajstić information content (AvgIpc) is 2.76. The largest absolute Gasteiger partial charge is 0.486 e. The number of nitrogens with one attached hydrogen (secondary N) is 2. The van der Waals surface area contributed by atoms with Crippen LogP contribution in [0, 0.1) is 6.92 Å². The van der Waals surface area contributed by atoms with Crippen molar-refractivity contribution in [2.24, 2.45) is 0 Å². The van der Waals surface area contributed by atoms with Gasteiger partial charge in [-0.2, -0.15) is 0 Å². The van der Waals surface area contributed by atoms with Crippen LogP contribution in [0.5, 0.6) is 11.5 Å². The van der Waals surface area contributed by atoms with Crippen LogP contribution in [0.3, 0.4) is 0 Å². The molecule has 0 fully saturated rings. The minimum absolute atomic E-state index is 0.415. The van der Waals surface area contributed by atoms with Gasteiger partial charge in [0.15, 0.2) is 18.1 Å². The lowest BCUT2D eigenvalue weighted by Crippen LogP contribution is -2.31. The Morgan fingerprint density at radius 3 is 2.52 bits per heavy atom. The van der Waals surface area contributed by atoms with E-state index < -0.39 is 35.1 Å². The summed E-state index contributed by atoms with van der Waals surface area (Å²) in [6.45, 7) is 1.64. The van der Waals surface area contributed by atoms with Crippen molar-refractivity contribution in [1.82, 2.24) is 4.72 Å². The van der Waals surface area contributed by atoms with Gasteiger partial charge in [-0.3, -0.25) is 9.59 Å². The van der Waals surface area contributed by atoms with Crippen molar-refractivity contribution in [3.8, 4) is 11.5 Å². The van der Waals surface area contributed by atoms with E-state index >= 15 is 0 Å². The van der Waals surface area contributed by atoms with Crippen LogP contribution in [0.1, 0.15) is 11.1 Å². The van der Waals surface area contributed by atoms with Crippen LogP contribution in [-0.2, 0) is 24.3 Å². The van der Waals surface area contributed by atoms with Crippen molar-refractivity contribution >= 4 is 33.7 Å². The highest BCUT2D eigenvalue weighted by atomic mass is 32.2. The predicted molar refractivity (Wildman–Crippen MR) is 114 cm³/mol. The Hall–Kier alpha value is -3.37. The van der Waals surface area contributed by atoms with E-state index in [1.54, 1.807) is 30.3 Å². The van der Waals surface area contributed by atoms with E-state index in [1.165, 1.54) is 6.08 Å². The Balaban J connectivity index is 1.42. The third kappa shape index (κ3) is 7.12. The van der Waals surface area contributed by atoms with E-state index in [2.05, 4.69) is 10.0 Å². The summed E-state index contributed by atoms with van der Waals surface area (Å²) in [5, 5.41) is 3.52. The van der Waals surface area contributed by atoms with Gasteiger partial charge in [-0.05, 0) is 30.7 Å². The first-order valence-corrected chi connectivity index (χ1v) is 10.9. The van der Waals surface area contributed by atoms with Crippen molar-refractivity contribution in [2.45, 2.75) is 6.92 Å². The maximum absolute atomic E-state index is 12.0. The molecule has 2 aromatic rings. The second-order valence-corrected chi connectivity index (χ2v) is 8.30. The zero-order valence-corrected chi connectivity index (χ0v) is 17.6. The van der Waals surface area contributed by atoms with Gasteiger partial charge in [-0.1, -0.05) is 29.8 Å². The molecule has 0 aliphatic carbocycles. The number of ether oxygens (including phenoxy) is 3. The molecule has 0 atom stereocenters. The molecule has 1 heterocycles. The van der Waals surface area contributed by atoms with E-state index in [4.69, 9.17) is 14.2 Å².